The molecule has 0 aliphatic heterocycles. The van der Waals surface area contributed by atoms with Crippen LogP contribution in [0.4, 0.5) is 5.69 Å². The molecular weight excluding hydrogens is 328 g/mol. The predicted octanol–water partition coefficient (Wildman–Crippen LogP) is 3.65. The molecule has 0 heterocycles. The Labute approximate surface area is 146 Å². The lowest BCUT2D eigenvalue weighted by atomic mass is 10.1. The maximum absolute atomic E-state index is 12.1. The number of rotatable bonds is 7. The molecule has 2 rings (SSSR count). The first-order valence-electron chi connectivity index (χ1n) is 7.54. The van der Waals surface area contributed by atoms with Crippen LogP contribution in [0.5, 0.6) is 11.5 Å². The number of hydrogen-bond donors (Lipinski definition) is 2. The van der Waals surface area contributed by atoms with E-state index in [4.69, 9.17) is 21.1 Å². The van der Waals surface area contributed by atoms with E-state index >= 15 is 0 Å². The van der Waals surface area contributed by atoms with E-state index in [9.17, 15) is 4.79 Å². The lowest BCUT2D eigenvalue weighted by Gasteiger charge is -2.16. The molecular formula is C18H21ClN2O3. The van der Waals surface area contributed by atoms with Gasteiger partial charge in [0.15, 0.2) is 0 Å². The highest BCUT2D eigenvalue weighted by atomic mass is 35.5. The monoisotopic (exact) mass is 348 g/mol. The quantitative estimate of drug-likeness (QED) is 0.802. The van der Waals surface area contributed by atoms with E-state index in [2.05, 4.69) is 10.6 Å². The first-order valence-corrected chi connectivity index (χ1v) is 7.92. The Bertz CT molecular complexity index is 684. The van der Waals surface area contributed by atoms with Crippen LogP contribution in [0.1, 0.15) is 18.5 Å². The maximum atomic E-state index is 12.1. The molecule has 2 aromatic rings. The lowest BCUT2D eigenvalue weighted by molar-refractivity contribution is -0.115. The zero-order valence-electron chi connectivity index (χ0n) is 13.9. The molecule has 2 aromatic carbocycles. The van der Waals surface area contributed by atoms with Crippen LogP contribution in [0.15, 0.2) is 42.5 Å². The van der Waals surface area contributed by atoms with Gasteiger partial charge < -0.3 is 20.1 Å². The summed E-state index contributed by atoms with van der Waals surface area (Å²) >= 11 is 6.16. The fourth-order valence-corrected chi connectivity index (χ4v) is 2.57. The van der Waals surface area contributed by atoms with Crippen LogP contribution in [-0.2, 0) is 4.79 Å². The van der Waals surface area contributed by atoms with E-state index in [1.165, 1.54) is 0 Å². The summed E-state index contributed by atoms with van der Waals surface area (Å²) in [6.07, 6.45) is 0. The molecule has 1 atom stereocenters. The normalized spacial score (nSPS) is 11.7. The third kappa shape index (κ3) is 4.88. The van der Waals surface area contributed by atoms with Crippen LogP contribution in [0, 0.1) is 0 Å². The van der Waals surface area contributed by atoms with E-state index in [-0.39, 0.29) is 18.5 Å². The largest absolute Gasteiger partial charge is 0.497 e. The molecule has 0 aliphatic rings. The summed E-state index contributed by atoms with van der Waals surface area (Å²) in [5.41, 5.74) is 1.57. The van der Waals surface area contributed by atoms with Gasteiger partial charge in [0, 0.05) is 35.0 Å². The number of carbonyl (C=O) groups is 1. The third-order valence-corrected chi connectivity index (χ3v) is 3.92. The van der Waals surface area contributed by atoms with Gasteiger partial charge in [0.2, 0.25) is 5.91 Å². The van der Waals surface area contributed by atoms with E-state index in [0.29, 0.717) is 22.2 Å². The van der Waals surface area contributed by atoms with E-state index in [1.807, 2.05) is 31.2 Å². The van der Waals surface area contributed by atoms with Crippen LogP contribution in [0.25, 0.3) is 0 Å². The Morgan fingerprint density at radius 3 is 2.33 bits per heavy atom. The van der Waals surface area contributed by atoms with E-state index in [1.54, 1.807) is 32.4 Å². The second-order valence-corrected chi connectivity index (χ2v) is 5.68. The molecule has 0 aromatic heterocycles. The zero-order chi connectivity index (χ0) is 17.5. The molecule has 24 heavy (non-hydrogen) atoms. The average molecular weight is 349 g/mol. The van der Waals surface area contributed by atoms with Crippen molar-refractivity contribution >= 4 is 23.2 Å². The molecule has 2 N–H and O–H groups in total. The van der Waals surface area contributed by atoms with E-state index in [0.717, 1.165) is 5.56 Å². The molecule has 0 aliphatic carbocycles. The number of benzene rings is 2. The van der Waals surface area contributed by atoms with Crippen molar-refractivity contribution in [2.75, 3.05) is 26.1 Å². The Morgan fingerprint density at radius 2 is 1.75 bits per heavy atom. The van der Waals surface area contributed by atoms with Crippen LogP contribution < -0.4 is 20.1 Å². The van der Waals surface area contributed by atoms with Crippen molar-refractivity contribution in [3.8, 4) is 11.5 Å². The van der Waals surface area contributed by atoms with Gasteiger partial charge in [0.1, 0.15) is 11.5 Å². The second-order valence-electron chi connectivity index (χ2n) is 5.27. The maximum Gasteiger partial charge on any atom is 0.238 e. The highest BCUT2D eigenvalue weighted by molar-refractivity contribution is 6.31. The number of amides is 1. The summed E-state index contributed by atoms with van der Waals surface area (Å²) in [6.45, 7) is 2.12. The number of anilines is 1. The highest BCUT2D eigenvalue weighted by Crippen LogP contribution is 2.26. The number of carbonyl (C=O) groups excluding carboxylic acids is 1. The molecule has 1 amide bonds. The lowest BCUT2D eigenvalue weighted by Crippen LogP contribution is -2.30. The van der Waals surface area contributed by atoms with Gasteiger partial charge in [-0.25, -0.2) is 0 Å². The molecule has 0 saturated heterocycles. The number of hydrogen-bond acceptors (Lipinski definition) is 4. The van der Waals surface area contributed by atoms with Gasteiger partial charge in [0.05, 0.1) is 20.8 Å². The van der Waals surface area contributed by atoms with Gasteiger partial charge in [0.25, 0.3) is 0 Å². The standard InChI is InChI=1S/C18H21ClN2O3/c1-12(16-6-4-5-7-17(16)19)20-11-18(22)21-13-8-14(23-2)10-15(9-13)24-3/h4-10,12,20H,11H2,1-3H3,(H,21,22). The average Bonchev–Trinajstić information content (AvgIpc) is 2.59. The third-order valence-electron chi connectivity index (χ3n) is 3.58. The Hall–Kier alpha value is -2.24. The second kappa shape index (κ2) is 8.57. The van der Waals surface area contributed by atoms with Crippen molar-refractivity contribution in [3.63, 3.8) is 0 Å². The minimum atomic E-state index is -0.163. The van der Waals surface area contributed by atoms with Crippen LogP contribution in [0.2, 0.25) is 5.02 Å². The molecule has 0 bridgehead atoms. The van der Waals surface area contributed by atoms with Crippen LogP contribution in [-0.4, -0.2) is 26.7 Å². The summed E-state index contributed by atoms with van der Waals surface area (Å²) in [7, 11) is 3.13. The smallest absolute Gasteiger partial charge is 0.238 e. The molecule has 0 spiro atoms. The number of methoxy groups -OCH3 is 2. The Kier molecular flexibility index (Phi) is 6.46. The minimum Gasteiger partial charge on any atom is -0.497 e. The summed E-state index contributed by atoms with van der Waals surface area (Å²) < 4.78 is 10.4. The number of halogens is 1. The Morgan fingerprint density at radius 1 is 1.12 bits per heavy atom. The van der Waals surface area contributed by atoms with E-state index < -0.39 is 0 Å². The summed E-state index contributed by atoms with van der Waals surface area (Å²) in [5, 5.41) is 6.65. The number of nitrogens with one attached hydrogen (secondary N) is 2. The van der Waals surface area contributed by atoms with Gasteiger partial charge in [-0.1, -0.05) is 29.8 Å². The fourth-order valence-electron chi connectivity index (χ4n) is 2.27. The van der Waals surface area contributed by atoms with Crippen molar-refractivity contribution in [1.82, 2.24) is 5.32 Å². The number of ether oxygens (including phenoxy) is 2. The minimum absolute atomic E-state index is 0.0377. The molecule has 0 fully saturated rings. The van der Waals surface area contributed by atoms with Gasteiger partial charge in [-0.05, 0) is 18.6 Å². The fraction of sp³-hybridized carbons (Fsp3) is 0.278. The molecule has 0 radical (unpaired) electrons. The molecule has 5 nitrogen and oxygen atoms in total. The summed E-state index contributed by atoms with van der Waals surface area (Å²) in [6, 6.07) is 12.7. The zero-order valence-corrected chi connectivity index (χ0v) is 14.7. The first kappa shape index (κ1) is 18.1. The topological polar surface area (TPSA) is 59.6 Å². The SMILES string of the molecule is COc1cc(NC(=O)CNC(C)c2ccccc2Cl)cc(OC)c1. The van der Waals surface area contributed by atoms with Crippen LogP contribution in [0.3, 0.4) is 0 Å². The van der Waals surface area contributed by atoms with Crippen molar-refractivity contribution < 1.29 is 14.3 Å². The van der Waals surface area contributed by atoms with Crippen molar-refractivity contribution in [2.45, 2.75) is 13.0 Å². The molecule has 6 heteroatoms. The summed E-state index contributed by atoms with van der Waals surface area (Å²) in [4.78, 5) is 12.1. The first-order chi connectivity index (χ1) is 11.5. The van der Waals surface area contributed by atoms with Gasteiger partial charge >= 0.3 is 0 Å². The van der Waals surface area contributed by atoms with Crippen molar-refractivity contribution in [3.05, 3.63) is 53.1 Å². The van der Waals surface area contributed by atoms with Gasteiger partial charge in [-0.2, -0.15) is 0 Å². The molecule has 128 valence electrons. The Balaban J connectivity index is 1.95. The summed E-state index contributed by atoms with van der Waals surface area (Å²) in [5.74, 6) is 1.06. The van der Waals surface area contributed by atoms with Gasteiger partial charge in [-0.15, -0.1) is 0 Å². The predicted molar refractivity (Wildman–Crippen MR) is 96.0 cm³/mol. The molecule has 0 saturated carbocycles. The van der Waals surface area contributed by atoms with Crippen LogP contribution >= 0.6 is 11.6 Å². The van der Waals surface area contributed by atoms with Crippen molar-refractivity contribution in [1.29, 1.82) is 0 Å². The van der Waals surface area contributed by atoms with Crippen molar-refractivity contribution in [2.24, 2.45) is 0 Å². The highest BCUT2D eigenvalue weighted by Gasteiger charge is 2.11. The van der Waals surface area contributed by atoms with Gasteiger partial charge in [-0.3, -0.25) is 4.79 Å². The molecule has 1 unspecified atom stereocenters.